The van der Waals surface area contributed by atoms with Gasteiger partial charge in [-0.25, -0.2) is 13.8 Å². The van der Waals surface area contributed by atoms with Crippen LogP contribution in [0.5, 0.6) is 17.2 Å². The van der Waals surface area contributed by atoms with Crippen LogP contribution in [0.1, 0.15) is 11.1 Å². The van der Waals surface area contributed by atoms with Crippen molar-refractivity contribution < 1.29 is 27.4 Å². The van der Waals surface area contributed by atoms with E-state index in [-0.39, 0.29) is 4.90 Å². The molecule has 0 heterocycles. The van der Waals surface area contributed by atoms with Gasteiger partial charge in [0.2, 0.25) is 0 Å². The largest absolute Gasteiger partial charge is 0.497 e. The molecule has 0 saturated carbocycles. The molecule has 0 radical (unpaired) electrons. The quantitative estimate of drug-likeness (QED) is 0.340. The lowest BCUT2D eigenvalue weighted by Gasteiger charge is -2.24. The van der Waals surface area contributed by atoms with Gasteiger partial charge >= 0.3 is 0 Å². The molecule has 1 amide bonds. The van der Waals surface area contributed by atoms with E-state index in [1.165, 1.54) is 32.6 Å². The molecule has 0 unspecified atom stereocenters. The lowest BCUT2D eigenvalue weighted by molar-refractivity contribution is -0.119. The number of hydrogen-bond acceptors (Lipinski definition) is 7. The molecule has 3 rings (SSSR count). The molecular formula is C25H27N3O6S. The van der Waals surface area contributed by atoms with Crippen LogP contribution >= 0.6 is 0 Å². The van der Waals surface area contributed by atoms with Gasteiger partial charge in [-0.15, -0.1) is 0 Å². The van der Waals surface area contributed by atoms with Gasteiger partial charge in [0.25, 0.3) is 15.9 Å². The van der Waals surface area contributed by atoms with E-state index < -0.39 is 22.5 Å². The summed E-state index contributed by atoms with van der Waals surface area (Å²) in [6.07, 6.45) is 1.41. The molecule has 0 aliphatic carbocycles. The van der Waals surface area contributed by atoms with Gasteiger partial charge in [0, 0.05) is 11.6 Å². The fourth-order valence-electron chi connectivity index (χ4n) is 3.17. The average molecular weight is 498 g/mol. The van der Waals surface area contributed by atoms with Crippen LogP contribution < -0.4 is 23.9 Å². The lowest BCUT2D eigenvalue weighted by Crippen LogP contribution is -2.39. The average Bonchev–Trinajstić information content (AvgIpc) is 2.88. The third kappa shape index (κ3) is 6.30. The van der Waals surface area contributed by atoms with E-state index in [9.17, 15) is 13.2 Å². The summed E-state index contributed by atoms with van der Waals surface area (Å²) in [5.74, 6) is 1.02. The Morgan fingerprint density at radius 1 is 0.914 bits per heavy atom. The second-order valence-electron chi connectivity index (χ2n) is 7.42. The smallest absolute Gasteiger partial charge is 0.264 e. The molecule has 0 spiro atoms. The first-order valence-electron chi connectivity index (χ1n) is 10.6. The number of nitrogens with one attached hydrogen (secondary N) is 1. The molecule has 9 nitrogen and oxygen atoms in total. The third-order valence-electron chi connectivity index (χ3n) is 5.09. The van der Waals surface area contributed by atoms with Crippen LogP contribution in [-0.2, 0) is 14.8 Å². The highest BCUT2D eigenvalue weighted by atomic mass is 32.2. The van der Waals surface area contributed by atoms with Crippen LogP contribution in [0.15, 0.2) is 76.7 Å². The van der Waals surface area contributed by atoms with Crippen molar-refractivity contribution in [2.75, 3.05) is 32.2 Å². The summed E-state index contributed by atoms with van der Waals surface area (Å²) in [6, 6.07) is 17.9. The number of ether oxygens (including phenoxy) is 3. The number of sulfonamides is 1. The Hall–Kier alpha value is -4.05. The minimum Gasteiger partial charge on any atom is -0.497 e. The third-order valence-corrected chi connectivity index (χ3v) is 6.88. The predicted octanol–water partition coefficient (Wildman–Crippen LogP) is 3.37. The van der Waals surface area contributed by atoms with Crippen molar-refractivity contribution in [2.45, 2.75) is 11.8 Å². The van der Waals surface area contributed by atoms with Gasteiger partial charge in [-0.3, -0.25) is 9.10 Å². The molecule has 184 valence electrons. The first-order valence-corrected chi connectivity index (χ1v) is 12.0. The standard InChI is InChI=1S/C25H27N3O6S/c1-18-5-8-20(9-6-18)28(35(30,31)23-13-11-21(32-2)12-14-23)17-25(29)27-26-16-19-7-10-22(33-3)15-24(19)34-4/h5-16H,17H2,1-4H3,(H,27,29)/b26-16-. The number of aryl methyl sites for hydroxylation is 1. The molecule has 0 aliphatic rings. The van der Waals surface area contributed by atoms with Crippen LogP contribution in [0.4, 0.5) is 5.69 Å². The summed E-state index contributed by atoms with van der Waals surface area (Å²) in [6.45, 7) is 1.41. The summed E-state index contributed by atoms with van der Waals surface area (Å²) in [4.78, 5) is 12.7. The number of benzene rings is 3. The Labute approximate surface area is 205 Å². The summed E-state index contributed by atoms with van der Waals surface area (Å²) in [5, 5.41) is 3.96. The van der Waals surface area contributed by atoms with E-state index in [1.807, 2.05) is 6.92 Å². The Morgan fingerprint density at radius 3 is 2.14 bits per heavy atom. The number of anilines is 1. The highest BCUT2D eigenvalue weighted by Gasteiger charge is 2.27. The minimum atomic E-state index is -4.05. The number of amides is 1. The van der Waals surface area contributed by atoms with Crippen molar-refractivity contribution in [1.29, 1.82) is 0 Å². The lowest BCUT2D eigenvalue weighted by atomic mass is 10.2. The van der Waals surface area contributed by atoms with Crippen molar-refractivity contribution in [2.24, 2.45) is 5.10 Å². The normalized spacial score (nSPS) is 11.2. The number of hydrazone groups is 1. The first kappa shape index (κ1) is 25.6. The summed E-state index contributed by atoms with van der Waals surface area (Å²) in [7, 11) is 0.495. The fraction of sp³-hybridized carbons (Fsp3) is 0.200. The molecule has 10 heteroatoms. The Kier molecular flexibility index (Phi) is 8.32. The van der Waals surface area contributed by atoms with Gasteiger partial charge in [0.05, 0.1) is 38.1 Å². The number of hydrogen-bond donors (Lipinski definition) is 1. The van der Waals surface area contributed by atoms with E-state index in [2.05, 4.69) is 10.5 Å². The fourth-order valence-corrected chi connectivity index (χ4v) is 4.59. The maximum Gasteiger partial charge on any atom is 0.264 e. The van der Waals surface area contributed by atoms with Gasteiger partial charge in [-0.2, -0.15) is 5.10 Å². The van der Waals surface area contributed by atoms with Gasteiger partial charge < -0.3 is 14.2 Å². The first-order chi connectivity index (χ1) is 16.8. The molecule has 0 saturated heterocycles. The number of carbonyl (C=O) groups excluding carboxylic acids is 1. The van der Waals surface area contributed by atoms with Gasteiger partial charge in [0.15, 0.2) is 0 Å². The van der Waals surface area contributed by atoms with Crippen LogP contribution in [-0.4, -0.2) is 48.4 Å². The van der Waals surface area contributed by atoms with Gasteiger partial charge in [0.1, 0.15) is 23.8 Å². The van der Waals surface area contributed by atoms with E-state index in [0.29, 0.717) is 28.5 Å². The Morgan fingerprint density at radius 2 is 1.54 bits per heavy atom. The molecule has 0 bridgehead atoms. The zero-order chi connectivity index (χ0) is 25.4. The molecule has 0 aliphatic heterocycles. The van der Waals surface area contributed by atoms with E-state index in [4.69, 9.17) is 14.2 Å². The summed E-state index contributed by atoms with van der Waals surface area (Å²) in [5.41, 5.74) is 4.29. The topological polar surface area (TPSA) is 107 Å². The van der Waals surface area contributed by atoms with E-state index >= 15 is 0 Å². The van der Waals surface area contributed by atoms with Crippen LogP contribution in [0.2, 0.25) is 0 Å². The second kappa shape index (κ2) is 11.4. The Bertz CT molecular complexity index is 1290. The van der Waals surface area contributed by atoms with E-state index in [0.717, 1.165) is 9.87 Å². The molecule has 3 aromatic carbocycles. The number of nitrogens with zero attached hydrogens (tertiary/aromatic N) is 2. The minimum absolute atomic E-state index is 0.0261. The zero-order valence-corrected chi connectivity index (χ0v) is 20.7. The molecule has 0 fully saturated rings. The number of methoxy groups -OCH3 is 3. The molecule has 1 N–H and O–H groups in total. The van der Waals surface area contributed by atoms with Crippen molar-refractivity contribution in [3.8, 4) is 17.2 Å². The summed E-state index contributed by atoms with van der Waals surface area (Å²) < 4.78 is 43.5. The van der Waals surface area contributed by atoms with Crippen molar-refractivity contribution in [1.82, 2.24) is 5.43 Å². The molecule has 35 heavy (non-hydrogen) atoms. The molecule has 0 atom stereocenters. The van der Waals surface area contributed by atoms with Crippen LogP contribution in [0, 0.1) is 6.92 Å². The number of carbonyl (C=O) groups is 1. The zero-order valence-electron chi connectivity index (χ0n) is 19.9. The highest BCUT2D eigenvalue weighted by molar-refractivity contribution is 7.92. The second-order valence-corrected chi connectivity index (χ2v) is 9.29. The van der Waals surface area contributed by atoms with Crippen molar-refractivity contribution >= 4 is 27.8 Å². The van der Waals surface area contributed by atoms with E-state index in [1.54, 1.807) is 61.7 Å². The van der Waals surface area contributed by atoms with Crippen LogP contribution in [0.25, 0.3) is 0 Å². The predicted molar refractivity (Wildman–Crippen MR) is 134 cm³/mol. The summed E-state index contributed by atoms with van der Waals surface area (Å²) >= 11 is 0. The number of rotatable bonds is 10. The van der Waals surface area contributed by atoms with Crippen molar-refractivity contribution in [3.63, 3.8) is 0 Å². The SMILES string of the molecule is COc1ccc(S(=O)(=O)N(CC(=O)N/N=C\c2ccc(OC)cc2OC)c2ccc(C)cc2)cc1. The highest BCUT2D eigenvalue weighted by Crippen LogP contribution is 2.26. The molecule has 0 aromatic heterocycles. The van der Waals surface area contributed by atoms with Crippen molar-refractivity contribution in [3.05, 3.63) is 77.9 Å². The van der Waals surface area contributed by atoms with Gasteiger partial charge in [-0.1, -0.05) is 17.7 Å². The molecule has 3 aromatic rings. The Balaban J connectivity index is 1.83. The maximum absolute atomic E-state index is 13.4. The maximum atomic E-state index is 13.4. The van der Waals surface area contributed by atoms with Crippen LogP contribution in [0.3, 0.4) is 0 Å². The molecular weight excluding hydrogens is 470 g/mol. The monoisotopic (exact) mass is 497 g/mol. The van der Waals surface area contributed by atoms with Gasteiger partial charge in [-0.05, 0) is 55.5 Å².